The number of anilines is 1. The van der Waals surface area contributed by atoms with E-state index >= 15 is 0 Å². The van der Waals surface area contributed by atoms with E-state index in [0.29, 0.717) is 6.54 Å². The molecule has 0 radical (unpaired) electrons. The molecule has 6 heteroatoms. The Bertz CT molecular complexity index is 454. The van der Waals surface area contributed by atoms with E-state index in [9.17, 15) is 4.79 Å². The van der Waals surface area contributed by atoms with Crippen LogP contribution in [0.3, 0.4) is 0 Å². The molecule has 0 aromatic carbocycles. The van der Waals surface area contributed by atoms with Crippen LogP contribution in [0.5, 0.6) is 0 Å². The first-order valence-electron chi connectivity index (χ1n) is 7.84. The Hall–Kier alpha value is -1.27. The van der Waals surface area contributed by atoms with Gasteiger partial charge >= 0.3 is 6.09 Å². The second-order valence-electron chi connectivity index (χ2n) is 6.40. The zero-order valence-electron chi connectivity index (χ0n) is 14.1. The molecule has 0 saturated heterocycles. The van der Waals surface area contributed by atoms with Gasteiger partial charge in [-0.05, 0) is 38.6 Å². The van der Waals surface area contributed by atoms with Crippen LogP contribution in [-0.4, -0.2) is 24.3 Å². The standard InChI is InChI=1S/C16H29N3O2S/c1-5-6-7-12(10-19-15(20)21-16(2,3)4)18-11-14-13(17)8-9-22-14/h8-9,12,18H,5-7,10-11,17H2,1-4H3,(H,19,20). The number of nitrogens with two attached hydrogens (primary N) is 1. The Kier molecular flexibility index (Phi) is 7.68. The lowest BCUT2D eigenvalue weighted by atomic mass is 10.1. The van der Waals surface area contributed by atoms with Crippen molar-refractivity contribution in [3.05, 3.63) is 16.3 Å². The minimum absolute atomic E-state index is 0.217. The van der Waals surface area contributed by atoms with Crippen molar-refractivity contribution in [2.75, 3.05) is 12.3 Å². The van der Waals surface area contributed by atoms with Crippen molar-refractivity contribution in [2.24, 2.45) is 0 Å². The number of hydrogen-bond acceptors (Lipinski definition) is 5. The molecular weight excluding hydrogens is 298 g/mol. The molecule has 1 unspecified atom stereocenters. The van der Waals surface area contributed by atoms with Gasteiger partial charge in [-0.3, -0.25) is 0 Å². The topological polar surface area (TPSA) is 76.4 Å². The molecular formula is C16H29N3O2S. The van der Waals surface area contributed by atoms with E-state index in [2.05, 4.69) is 17.6 Å². The van der Waals surface area contributed by atoms with E-state index in [1.54, 1.807) is 11.3 Å². The van der Waals surface area contributed by atoms with Crippen LogP contribution in [0.1, 0.15) is 51.8 Å². The van der Waals surface area contributed by atoms with Crippen LogP contribution in [0, 0.1) is 0 Å². The number of alkyl carbamates (subject to hydrolysis) is 1. The lowest BCUT2D eigenvalue weighted by Gasteiger charge is -2.22. The zero-order valence-corrected chi connectivity index (χ0v) is 14.9. The highest BCUT2D eigenvalue weighted by Crippen LogP contribution is 2.18. The molecule has 0 saturated carbocycles. The smallest absolute Gasteiger partial charge is 0.407 e. The third-order valence-corrected chi connectivity index (χ3v) is 4.07. The van der Waals surface area contributed by atoms with E-state index in [1.165, 1.54) is 0 Å². The summed E-state index contributed by atoms with van der Waals surface area (Å²) < 4.78 is 5.27. The summed E-state index contributed by atoms with van der Waals surface area (Å²) >= 11 is 1.65. The maximum absolute atomic E-state index is 11.7. The maximum atomic E-state index is 11.7. The summed E-state index contributed by atoms with van der Waals surface area (Å²) in [5, 5.41) is 8.31. The highest BCUT2D eigenvalue weighted by Gasteiger charge is 2.17. The Morgan fingerprint density at radius 2 is 2.18 bits per heavy atom. The Morgan fingerprint density at radius 3 is 2.73 bits per heavy atom. The second-order valence-corrected chi connectivity index (χ2v) is 7.40. The highest BCUT2D eigenvalue weighted by atomic mass is 32.1. The van der Waals surface area contributed by atoms with Crippen LogP contribution in [0.15, 0.2) is 11.4 Å². The van der Waals surface area contributed by atoms with E-state index in [-0.39, 0.29) is 12.1 Å². The first-order chi connectivity index (χ1) is 10.3. The number of nitrogens with one attached hydrogen (secondary N) is 2. The predicted molar refractivity (Wildman–Crippen MR) is 93.1 cm³/mol. The number of hydrogen-bond donors (Lipinski definition) is 3. The summed E-state index contributed by atoms with van der Waals surface area (Å²) in [4.78, 5) is 12.9. The normalized spacial score (nSPS) is 12.9. The molecule has 1 aromatic heterocycles. The Labute approximate surface area is 137 Å². The molecule has 1 aromatic rings. The summed E-state index contributed by atoms with van der Waals surface area (Å²) in [7, 11) is 0. The number of unbranched alkanes of at least 4 members (excludes halogenated alkanes) is 1. The number of nitrogen functional groups attached to an aromatic ring is 1. The van der Waals surface area contributed by atoms with Gasteiger partial charge in [-0.15, -0.1) is 11.3 Å². The zero-order chi connectivity index (χ0) is 16.6. The van der Waals surface area contributed by atoms with Crippen LogP contribution in [0.4, 0.5) is 10.5 Å². The number of carbonyl (C=O) groups is 1. The third-order valence-electron chi connectivity index (χ3n) is 3.13. The molecule has 0 bridgehead atoms. The molecule has 1 heterocycles. The van der Waals surface area contributed by atoms with Crippen molar-refractivity contribution in [1.29, 1.82) is 0 Å². The summed E-state index contributed by atoms with van der Waals surface area (Å²) in [5.74, 6) is 0. The summed E-state index contributed by atoms with van der Waals surface area (Å²) in [6.45, 7) is 9.03. The van der Waals surface area contributed by atoms with Crippen LogP contribution < -0.4 is 16.4 Å². The molecule has 4 N–H and O–H groups in total. The van der Waals surface area contributed by atoms with Gasteiger partial charge < -0.3 is 21.1 Å². The fourth-order valence-electron chi connectivity index (χ4n) is 1.98. The van der Waals surface area contributed by atoms with Crippen LogP contribution in [0.25, 0.3) is 0 Å². The second kappa shape index (κ2) is 9.00. The Balaban J connectivity index is 2.43. The van der Waals surface area contributed by atoms with Gasteiger partial charge in [0.25, 0.3) is 0 Å². The van der Waals surface area contributed by atoms with E-state index < -0.39 is 5.60 Å². The minimum Gasteiger partial charge on any atom is -0.444 e. The van der Waals surface area contributed by atoms with Crippen LogP contribution in [-0.2, 0) is 11.3 Å². The van der Waals surface area contributed by atoms with Gasteiger partial charge in [0, 0.05) is 29.7 Å². The average molecular weight is 327 g/mol. The SMILES string of the molecule is CCCCC(CNC(=O)OC(C)(C)C)NCc1sccc1N. The number of thiophene rings is 1. The van der Waals surface area contributed by atoms with Gasteiger partial charge in [-0.2, -0.15) is 0 Å². The van der Waals surface area contributed by atoms with E-state index in [1.807, 2.05) is 32.2 Å². The molecule has 22 heavy (non-hydrogen) atoms. The number of ether oxygens (including phenoxy) is 1. The van der Waals surface area contributed by atoms with Crippen LogP contribution >= 0.6 is 11.3 Å². The Morgan fingerprint density at radius 1 is 1.45 bits per heavy atom. The summed E-state index contributed by atoms with van der Waals surface area (Å²) in [5.41, 5.74) is 6.25. The molecule has 0 fully saturated rings. The fourth-order valence-corrected chi connectivity index (χ4v) is 2.73. The molecule has 0 aliphatic heterocycles. The number of rotatable bonds is 8. The first-order valence-corrected chi connectivity index (χ1v) is 8.72. The van der Waals surface area contributed by atoms with Gasteiger partial charge in [0.15, 0.2) is 0 Å². The molecule has 0 spiro atoms. The highest BCUT2D eigenvalue weighted by molar-refractivity contribution is 7.10. The van der Waals surface area contributed by atoms with Crippen LogP contribution in [0.2, 0.25) is 0 Å². The first kappa shape index (κ1) is 18.8. The number of amides is 1. The van der Waals surface area contributed by atoms with Crippen molar-refractivity contribution in [1.82, 2.24) is 10.6 Å². The molecule has 0 aliphatic carbocycles. The summed E-state index contributed by atoms with van der Waals surface area (Å²) in [6, 6.07) is 2.13. The number of carbonyl (C=O) groups excluding carboxylic acids is 1. The van der Waals surface area contributed by atoms with Crippen molar-refractivity contribution in [2.45, 2.75) is 65.1 Å². The van der Waals surface area contributed by atoms with Crippen molar-refractivity contribution >= 4 is 23.1 Å². The largest absolute Gasteiger partial charge is 0.444 e. The monoisotopic (exact) mass is 327 g/mol. The van der Waals surface area contributed by atoms with E-state index in [4.69, 9.17) is 10.5 Å². The molecule has 1 rings (SSSR count). The van der Waals surface area contributed by atoms with Gasteiger partial charge in [0.05, 0.1) is 0 Å². The van der Waals surface area contributed by atoms with E-state index in [0.717, 1.165) is 36.4 Å². The van der Waals surface area contributed by atoms with Gasteiger partial charge in [-0.25, -0.2) is 4.79 Å². The predicted octanol–water partition coefficient (Wildman–Crippen LogP) is 3.50. The lowest BCUT2D eigenvalue weighted by molar-refractivity contribution is 0.0521. The quantitative estimate of drug-likeness (QED) is 0.683. The lowest BCUT2D eigenvalue weighted by Crippen LogP contribution is -2.42. The maximum Gasteiger partial charge on any atom is 0.407 e. The van der Waals surface area contributed by atoms with Crippen molar-refractivity contribution in [3.8, 4) is 0 Å². The summed E-state index contributed by atoms with van der Waals surface area (Å²) in [6.07, 6.45) is 2.89. The molecule has 126 valence electrons. The molecule has 1 atom stereocenters. The fraction of sp³-hybridized carbons (Fsp3) is 0.688. The molecule has 5 nitrogen and oxygen atoms in total. The molecule has 0 aliphatic rings. The van der Waals surface area contributed by atoms with Crippen molar-refractivity contribution in [3.63, 3.8) is 0 Å². The average Bonchev–Trinajstić information content (AvgIpc) is 2.81. The third kappa shape index (κ3) is 7.66. The molecule has 1 amide bonds. The van der Waals surface area contributed by atoms with Gasteiger partial charge in [0.1, 0.15) is 5.60 Å². The van der Waals surface area contributed by atoms with Gasteiger partial charge in [-0.1, -0.05) is 19.8 Å². The minimum atomic E-state index is -0.470. The van der Waals surface area contributed by atoms with Gasteiger partial charge in [0.2, 0.25) is 0 Å². The van der Waals surface area contributed by atoms with Crippen molar-refractivity contribution < 1.29 is 9.53 Å².